The summed E-state index contributed by atoms with van der Waals surface area (Å²) in [7, 11) is 1.48. The largest absolute Gasteiger partial charge is 0.370 e. The average molecular weight is 397 g/mol. The fourth-order valence-electron chi connectivity index (χ4n) is 3.56. The number of carbonyl (C=O) groups is 2. The van der Waals surface area contributed by atoms with E-state index < -0.39 is 18.0 Å². The molecule has 2 aromatic carbocycles. The zero-order valence-electron chi connectivity index (χ0n) is 17.1. The molecule has 0 bridgehead atoms. The molecule has 1 atom stereocenters. The van der Waals surface area contributed by atoms with Crippen molar-refractivity contribution < 1.29 is 14.5 Å². The summed E-state index contributed by atoms with van der Waals surface area (Å²) in [6.07, 6.45) is 0. The van der Waals surface area contributed by atoms with Gasteiger partial charge in [0.05, 0.1) is 32.7 Å². The van der Waals surface area contributed by atoms with Crippen LogP contribution in [0.3, 0.4) is 0 Å². The van der Waals surface area contributed by atoms with E-state index >= 15 is 0 Å². The maximum atomic E-state index is 12.6. The molecule has 1 aliphatic rings. The minimum Gasteiger partial charge on any atom is -0.370 e. The standard InChI is InChI=1S/C22H29N5O2/c1-3-26-13-15-27(16-14-26)19-11-9-18(10-12-19)24-20(17-7-5-4-6-8-17)21(28)25-22(29)23-2/h4-12,20,24H,3,13-16H2,1-2H3,(H2,23,25,28,29)/p+1/t20-/m0/s1. The number of imide groups is 1. The van der Waals surface area contributed by atoms with E-state index in [0.29, 0.717) is 0 Å². The van der Waals surface area contributed by atoms with Crippen LogP contribution in [0.25, 0.3) is 0 Å². The first kappa shape index (κ1) is 20.7. The molecule has 1 saturated heterocycles. The van der Waals surface area contributed by atoms with E-state index in [1.807, 2.05) is 42.5 Å². The summed E-state index contributed by atoms with van der Waals surface area (Å²) in [5.41, 5.74) is 2.81. The number of anilines is 2. The molecule has 0 unspecified atom stereocenters. The van der Waals surface area contributed by atoms with Crippen molar-refractivity contribution in [1.82, 2.24) is 10.6 Å². The molecule has 29 heavy (non-hydrogen) atoms. The van der Waals surface area contributed by atoms with Gasteiger partial charge in [0.1, 0.15) is 6.04 Å². The molecule has 3 rings (SSSR count). The highest BCUT2D eigenvalue weighted by Gasteiger charge is 2.23. The third-order valence-electron chi connectivity index (χ3n) is 5.37. The van der Waals surface area contributed by atoms with Gasteiger partial charge in [0.2, 0.25) is 0 Å². The van der Waals surface area contributed by atoms with Crippen molar-refractivity contribution in [3.8, 4) is 0 Å². The number of nitrogens with zero attached hydrogens (tertiary/aromatic N) is 1. The molecule has 1 heterocycles. The smallest absolute Gasteiger partial charge is 0.321 e. The van der Waals surface area contributed by atoms with Crippen LogP contribution < -0.4 is 25.8 Å². The van der Waals surface area contributed by atoms with Crippen molar-refractivity contribution in [2.45, 2.75) is 13.0 Å². The summed E-state index contributed by atoms with van der Waals surface area (Å²) >= 11 is 0. The Kier molecular flexibility index (Phi) is 7.08. The first-order chi connectivity index (χ1) is 14.1. The van der Waals surface area contributed by atoms with E-state index in [1.165, 1.54) is 19.3 Å². The fourth-order valence-corrected chi connectivity index (χ4v) is 3.56. The zero-order chi connectivity index (χ0) is 20.6. The van der Waals surface area contributed by atoms with Gasteiger partial charge in [0.15, 0.2) is 0 Å². The third-order valence-corrected chi connectivity index (χ3v) is 5.37. The number of piperazine rings is 1. The van der Waals surface area contributed by atoms with Gasteiger partial charge < -0.3 is 20.4 Å². The number of benzene rings is 2. The van der Waals surface area contributed by atoms with Gasteiger partial charge >= 0.3 is 6.03 Å². The van der Waals surface area contributed by atoms with Crippen molar-refractivity contribution in [1.29, 1.82) is 0 Å². The van der Waals surface area contributed by atoms with Gasteiger partial charge in [-0.05, 0) is 36.8 Å². The molecule has 7 nitrogen and oxygen atoms in total. The fraction of sp³-hybridized carbons (Fsp3) is 0.364. The maximum absolute atomic E-state index is 12.6. The van der Waals surface area contributed by atoms with Crippen LogP contribution in [0, 0.1) is 0 Å². The number of hydrogen-bond donors (Lipinski definition) is 4. The summed E-state index contributed by atoms with van der Waals surface area (Å²) in [6.45, 7) is 7.83. The maximum Gasteiger partial charge on any atom is 0.321 e. The predicted octanol–water partition coefficient (Wildman–Crippen LogP) is 1.02. The topological polar surface area (TPSA) is 77.9 Å². The van der Waals surface area contributed by atoms with Crippen LogP contribution in [0.5, 0.6) is 0 Å². The number of hydrogen-bond acceptors (Lipinski definition) is 4. The van der Waals surface area contributed by atoms with Crippen LogP contribution in [0.4, 0.5) is 16.2 Å². The van der Waals surface area contributed by atoms with E-state index in [4.69, 9.17) is 0 Å². The number of amides is 3. The minimum absolute atomic E-state index is 0.404. The van der Waals surface area contributed by atoms with Crippen molar-refractivity contribution in [2.75, 3.05) is 50.0 Å². The number of carbonyl (C=O) groups excluding carboxylic acids is 2. The highest BCUT2D eigenvalue weighted by molar-refractivity contribution is 5.98. The van der Waals surface area contributed by atoms with Gasteiger partial charge in [-0.25, -0.2) is 4.79 Å². The molecule has 1 aliphatic heterocycles. The van der Waals surface area contributed by atoms with Gasteiger partial charge in [-0.2, -0.15) is 0 Å². The molecule has 1 fully saturated rings. The first-order valence-corrected chi connectivity index (χ1v) is 10.1. The van der Waals surface area contributed by atoms with E-state index in [9.17, 15) is 9.59 Å². The van der Waals surface area contributed by atoms with Gasteiger partial charge in [-0.15, -0.1) is 0 Å². The summed E-state index contributed by atoms with van der Waals surface area (Å²) < 4.78 is 0. The van der Waals surface area contributed by atoms with Crippen molar-refractivity contribution in [3.05, 3.63) is 60.2 Å². The summed E-state index contributed by atoms with van der Waals surface area (Å²) in [4.78, 5) is 28.3. The van der Waals surface area contributed by atoms with Crippen molar-refractivity contribution >= 4 is 23.3 Å². The first-order valence-electron chi connectivity index (χ1n) is 10.1. The second-order valence-corrected chi connectivity index (χ2v) is 7.19. The van der Waals surface area contributed by atoms with E-state index in [1.54, 1.807) is 4.90 Å². The van der Waals surface area contributed by atoms with Crippen LogP contribution in [0.1, 0.15) is 18.5 Å². The summed E-state index contributed by atoms with van der Waals surface area (Å²) in [6, 6.07) is 16.3. The Bertz CT molecular complexity index is 802. The molecule has 3 amide bonds. The Labute approximate surface area is 172 Å². The highest BCUT2D eigenvalue weighted by Crippen LogP contribution is 2.23. The summed E-state index contributed by atoms with van der Waals surface area (Å²) in [5.74, 6) is -0.404. The summed E-state index contributed by atoms with van der Waals surface area (Å²) in [5, 5.41) is 8.03. The van der Waals surface area contributed by atoms with E-state index in [-0.39, 0.29) is 0 Å². The Morgan fingerprint density at radius 2 is 1.69 bits per heavy atom. The third kappa shape index (κ3) is 5.48. The molecular weight excluding hydrogens is 366 g/mol. The molecule has 0 saturated carbocycles. The molecule has 7 heteroatoms. The Morgan fingerprint density at radius 3 is 2.28 bits per heavy atom. The molecular formula is C22H30N5O2+. The number of quaternary nitrogens is 1. The van der Waals surface area contributed by atoms with E-state index in [0.717, 1.165) is 37.4 Å². The average Bonchev–Trinajstić information content (AvgIpc) is 2.78. The lowest BCUT2D eigenvalue weighted by atomic mass is 10.1. The minimum atomic E-state index is -0.670. The molecule has 154 valence electrons. The molecule has 0 radical (unpaired) electrons. The Hall–Kier alpha value is -3.06. The molecule has 0 spiro atoms. The molecule has 4 N–H and O–H groups in total. The monoisotopic (exact) mass is 396 g/mol. The number of urea groups is 1. The van der Waals surface area contributed by atoms with Gasteiger partial charge in [-0.1, -0.05) is 30.3 Å². The van der Waals surface area contributed by atoms with Crippen LogP contribution in [0.15, 0.2) is 54.6 Å². The van der Waals surface area contributed by atoms with Crippen LogP contribution in [0.2, 0.25) is 0 Å². The van der Waals surface area contributed by atoms with Gasteiger partial charge in [0, 0.05) is 18.4 Å². The predicted molar refractivity (Wildman–Crippen MR) is 115 cm³/mol. The second-order valence-electron chi connectivity index (χ2n) is 7.19. The van der Waals surface area contributed by atoms with Crippen LogP contribution >= 0.6 is 0 Å². The van der Waals surface area contributed by atoms with Gasteiger partial charge in [0.25, 0.3) is 5.91 Å². The van der Waals surface area contributed by atoms with Crippen molar-refractivity contribution in [3.63, 3.8) is 0 Å². The van der Waals surface area contributed by atoms with E-state index in [2.05, 4.69) is 39.9 Å². The molecule has 0 aromatic heterocycles. The Balaban J connectivity index is 1.70. The van der Waals surface area contributed by atoms with Crippen molar-refractivity contribution in [2.24, 2.45) is 0 Å². The number of rotatable bonds is 6. The zero-order valence-corrected chi connectivity index (χ0v) is 17.1. The lowest BCUT2D eigenvalue weighted by Crippen LogP contribution is -3.14. The highest BCUT2D eigenvalue weighted by atomic mass is 16.2. The number of likely N-dealkylation sites (N-methyl/N-ethyl adjacent to an activating group) is 1. The molecule has 0 aliphatic carbocycles. The quantitative estimate of drug-likeness (QED) is 0.588. The molecule has 2 aromatic rings. The van der Waals surface area contributed by atoms with Gasteiger partial charge in [-0.3, -0.25) is 10.1 Å². The number of nitrogens with one attached hydrogen (secondary N) is 4. The SMILES string of the molecule is CC[NH+]1CCN(c2ccc(N[C@H](C(=O)NC(=O)NC)c3ccccc3)cc2)CC1. The normalized spacial score (nSPS) is 15.4. The lowest BCUT2D eigenvalue weighted by molar-refractivity contribution is -0.898. The Morgan fingerprint density at radius 1 is 1.03 bits per heavy atom. The lowest BCUT2D eigenvalue weighted by Gasteiger charge is -2.33. The van der Waals surface area contributed by atoms with Crippen LogP contribution in [-0.2, 0) is 4.79 Å². The second kappa shape index (κ2) is 9.93. The van der Waals surface area contributed by atoms with Crippen LogP contribution in [-0.4, -0.2) is 51.7 Å².